The molecule has 1 aliphatic heterocycles. The second-order valence-electron chi connectivity index (χ2n) is 4.99. The smallest absolute Gasteiger partial charge is 0.339 e. The van der Waals surface area contributed by atoms with Gasteiger partial charge < -0.3 is 10.1 Å². The Bertz CT molecular complexity index is 692. The van der Waals surface area contributed by atoms with Crippen molar-refractivity contribution < 1.29 is 14.3 Å². The molecule has 1 aromatic carbocycles. The molecule has 2 heterocycles. The van der Waals surface area contributed by atoms with Crippen LogP contribution in [0, 0.1) is 6.92 Å². The zero-order valence-corrected chi connectivity index (χ0v) is 12.4. The van der Waals surface area contributed by atoms with Gasteiger partial charge in [-0.2, -0.15) is 0 Å². The molecule has 108 valence electrons. The number of esters is 1. The number of hydrogen-bond donors (Lipinski definition) is 1. The molecule has 2 aromatic rings. The largest absolute Gasteiger partial charge is 0.448 e. The molecule has 3 rings (SSSR count). The number of hydrogen-bond acceptors (Lipinski definition) is 4. The monoisotopic (exact) mass is 301 g/mol. The predicted octanol–water partition coefficient (Wildman–Crippen LogP) is 2.45. The van der Waals surface area contributed by atoms with E-state index in [0.717, 1.165) is 10.4 Å². The van der Waals surface area contributed by atoms with Gasteiger partial charge in [0.1, 0.15) is 0 Å². The fourth-order valence-corrected chi connectivity index (χ4v) is 3.18. The van der Waals surface area contributed by atoms with Crippen molar-refractivity contribution in [2.45, 2.75) is 26.0 Å². The van der Waals surface area contributed by atoms with Crippen LogP contribution in [0.25, 0.3) is 0 Å². The zero-order chi connectivity index (χ0) is 14.8. The van der Waals surface area contributed by atoms with E-state index in [1.165, 1.54) is 4.88 Å². The van der Waals surface area contributed by atoms with Gasteiger partial charge in [0.05, 0.1) is 12.1 Å². The first-order chi connectivity index (χ1) is 10.1. The van der Waals surface area contributed by atoms with Gasteiger partial charge in [0.2, 0.25) is 0 Å². The third kappa shape index (κ3) is 2.97. The van der Waals surface area contributed by atoms with Crippen LogP contribution in [0.1, 0.15) is 25.7 Å². The fraction of sp³-hybridized carbons (Fsp3) is 0.250. The quantitative estimate of drug-likeness (QED) is 0.886. The molecule has 1 amide bonds. The summed E-state index contributed by atoms with van der Waals surface area (Å²) in [5.74, 6) is -0.673. The number of carbonyl (C=O) groups excluding carboxylic acids is 2. The number of nitrogens with one attached hydrogen (secondary N) is 1. The van der Waals surface area contributed by atoms with Crippen LogP contribution in [0.5, 0.6) is 0 Å². The van der Waals surface area contributed by atoms with Crippen molar-refractivity contribution in [3.05, 3.63) is 57.3 Å². The van der Waals surface area contributed by atoms with Crippen molar-refractivity contribution in [1.82, 2.24) is 5.32 Å². The molecular formula is C16H15NO3S. The van der Waals surface area contributed by atoms with Crippen molar-refractivity contribution in [2.75, 3.05) is 0 Å². The minimum atomic E-state index is -0.742. The lowest BCUT2D eigenvalue weighted by atomic mass is 9.98. The van der Waals surface area contributed by atoms with E-state index in [4.69, 9.17) is 4.74 Å². The van der Waals surface area contributed by atoms with Gasteiger partial charge in [0.25, 0.3) is 5.91 Å². The molecule has 1 aromatic heterocycles. The summed E-state index contributed by atoms with van der Waals surface area (Å²) in [7, 11) is 0. The standard InChI is InChI=1S/C16H15NO3S/c1-10-6-7-12(21-10)9-17-15(18)14-8-11-4-2-3-5-13(11)16(19)20-14/h2-7,14H,8-9H2,1H3,(H,17,18)/t14-/m1/s1. The highest BCUT2D eigenvalue weighted by Gasteiger charge is 2.30. The maximum atomic E-state index is 12.1. The van der Waals surface area contributed by atoms with Crippen LogP contribution in [0.3, 0.4) is 0 Å². The number of aryl methyl sites for hydroxylation is 1. The van der Waals surface area contributed by atoms with Crippen LogP contribution in [0.2, 0.25) is 0 Å². The van der Waals surface area contributed by atoms with Gasteiger partial charge >= 0.3 is 5.97 Å². The summed E-state index contributed by atoms with van der Waals surface area (Å²) in [5.41, 5.74) is 1.41. The van der Waals surface area contributed by atoms with E-state index in [-0.39, 0.29) is 5.91 Å². The van der Waals surface area contributed by atoms with Gasteiger partial charge in [-0.05, 0) is 30.7 Å². The highest BCUT2D eigenvalue weighted by atomic mass is 32.1. The third-order valence-electron chi connectivity index (χ3n) is 3.42. The molecule has 0 spiro atoms. The fourth-order valence-electron chi connectivity index (χ4n) is 2.35. The zero-order valence-electron chi connectivity index (χ0n) is 11.6. The van der Waals surface area contributed by atoms with E-state index < -0.39 is 12.1 Å². The van der Waals surface area contributed by atoms with Crippen LogP contribution >= 0.6 is 11.3 Å². The normalized spacial score (nSPS) is 17.0. The number of carbonyl (C=O) groups is 2. The Balaban J connectivity index is 1.65. The topological polar surface area (TPSA) is 55.4 Å². The minimum Gasteiger partial charge on any atom is -0.448 e. The van der Waals surface area contributed by atoms with Crippen molar-refractivity contribution in [2.24, 2.45) is 0 Å². The molecule has 5 heteroatoms. The lowest BCUT2D eigenvalue weighted by Gasteiger charge is -2.23. The number of thiophene rings is 1. The Morgan fingerprint density at radius 2 is 2.14 bits per heavy atom. The highest BCUT2D eigenvalue weighted by molar-refractivity contribution is 7.11. The van der Waals surface area contributed by atoms with Gasteiger partial charge in [-0.25, -0.2) is 4.79 Å². The van der Waals surface area contributed by atoms with Crippen molar-refractivity contribution >= 4 is 23.2 Å². The molecule has 4 nitrogen and oxygen atoms in total. The van der Waals surface area contributed by atoms with Crippen LogP contribution in [-0.2, 0) is 22.5 Å². The first-order valence-corrected chi connectivity index (χ1v) is 7.57. The van der Waals surface area contributed by atoms with Crippen LogP contribution in [0.15, 0.2) is 36.4 Å². The molecule has 0 fully saturated rings. The number of cyclic esters (lactones) is 1. The minimum absolute atomic E-state index is 0.246. The lowest BCUT2D eigenvalue weighted by molar-refractivity contribution is -0.130. The van der Waals surface area contributed by atoms with Crippen LogP contribution < -0.4 is 5.32 Å². The van der Waals surface area contributed by atoms with Gasteiger partial charge in [-0.15, -0.1) is 11.3 Å². The lowest BCUT2D eigenvalue weighted by Crippen LogP contribution is -2.41. The number of benzene rings is 1. The average molecular weight is 301 g/mol. The Morgan fingerprint density at radius 3 is 2.90 bits per heavy atom. The summed E-state index contributed by atoms with van der Waals surface area (Å²) >= 11 is 1.64. The second-order valence-corrected chi connectivity index (χ2v) is 6.36. The Morgan fingerprint density at radius 1 is 1.33 bits per heavy atom. The van der Waals surface area contributed by atoms with E-state index in [2.05, 4.69) is 5.32 Å². The Labute approximate surface area is 126 Å². The number of rotatable bonds is 3. The molecule has 0 bridgehead atoms. The molecule has 0 saturated heterocycles. The summed E-state index contributed by atoms with van der Waals surface area (Å²) in [5, 5.41) is 2.83. The molecule has 1 N–H and O–H groups in total. The summed E-state index contributed by atoms with van der Waals surface area (Å²) in [6.45, 7) is 2.49. The van der Waals surface area contributed by atoms with Crippen molar-refractivity contribution in [3.63, 3.8) is 0 Å². The molecule has 1 atom stereocenters. The Kier molecular flexibility index (Phi) is 3.75. The van der Waals surface area contributed by atoms with E-state index in [0.29, 0.717) is 18.5 Å². The summed E-state index contributed by atoms with van der Waals surface area (Å²) in [6.07, 6.45) is -0.314. The highest BCUT2D eigenvalue weighted by Crippen LogP contribution is 2.21. The molecule has 21 heavy (non-hydrogen) atoms. The number of ether oxygens (including phenoxy) is 1. The van der Waals surface area contributed by atoms with Gasteiger partial charge in [0.15, 0.2) is 6.10 Å². The van der Waals surface area contributed by atoms with E-state index in [9.17, 15) is 9.59 Å². The van der Waals surface area contributed by atoms with Crippen molar-refractivity contribution in [1.29, 1.82) is 0 Å². The van der Waals surface area contributed by atoms with Gasteiger partial charge in [0, 0.05) is 16.2 Å². The predicted molar refractivity (Wildman–Crippen MR) is 80.3 cm³/mol. The molecular weight excluding hydrogens is 286 g/mol. The van der Waals surface area contributed by atoms with E-state index in [1.54, 1.807) is 23.5 Å². The second kappa shape index (κ2) is 5.69. The third-order valence-corrected chi connectivity index (χ3v) is 4.42. The number of fused-ring (bicyclic) bond motifs is 1. The van der Waals surface area contributed by atoms with E-state index in [1.807, 2.05) is 31.2 Å². The van der Waals surface area contributed by atoms with Crippen LogP contribution in [0.4, 0.5) is 0 Å². The molecule has 0 unspecified atom stereocenters. The molecule has 0 radical (unpaired) electrons. The van der Waals surface area contributed by atoms with Crippen LogP contribution in [-0.4, -0.2) is 18.0 Å². The maximum Gasteiger partial charge on any atom is 0.339 e. The summed E-state index contributed by atoms with van der Waals surface area (Å²) in [6, 6.07) is 11.2. The SMILES string of the molecule is Cc1ccc(CNC(=O)[C@H]2Cc3ccccc3C(=O)O2)s1. The van der Waals surface area contributed by atoms with Crippen molar-refractivity contribution in [3.8, 4) is 0 Å². The molecule has 0 aliphatic carbocycles. The van der Waals surface area contributed by atoms with E-state index >= 15 is 0 Å². The summed E-state index contributed by atoms with van der Waals surface area (Å²) < 4.78 is 5.22. The first-order valence-electron chi connectivity index (χ1n) is 6.75. The van der Waals surface area contributed by atoms with Gasteiger partial charge in [-0.1, -0.05) is 18.2 Å². The number of amides is 1. The van der Waals surface area contributed by atoms with Gasteiger partial charge in [-0.3, -0.25) is 4.79 Å². The average Bonchev–Trinajstić information content (AvgIpc) is 2.90. The first kappa shape index (κ1) is 13.8. The Hall–Kier alpha value is -2.14. The molecule has 0 saturated carbocycles. The maximum absolute atomic E-state index is 12.1. The summed E-state index contributed by atoms with van der Waals surface area (Å²) in [4.78, 5) is 26.3. The molecule has 1 aliphatic rings.